The van der Waals surface area contributed by atoms with Crippen LogP contribution in [-0.2, 0) is 0 Å². The number of para-hydroxylation sites is 2. The van der Waals surface area contributed by atoms with Gasteiger partial charge in [-0.15, -0.1) is 0 Å². The summed E-state index contributed by atoms with van der Waals surface area (Å²) in [4.78, 5) is 4.64. The van der Waals surface area contributed by atoms with Crippen LogP contribution in [0.2, 0.25) is 0 Å². The first kappa shape index (κ1) is 19.9. The summed E-state index contributed by atoms with van der Waals surface area (Å²) in [6.07, 6.45) is 8.63. The molecule has 0 saturated heterocycles. The molecule has 1 N–H and O–H groups in total. The molecule has 0 aromatic heterocycles. The van der Waals surface area contributed by atoms with E-state index in [9.17, 15) is 0 Å². The van der Waals surface area contributed by atoms with Gasteiger partial charge in [-0.25, -0.2) is 0 Å². The quantitative estimate of drug-likeness (QED) is 0.542. The molecule has 0 aliphatic heterocycles. The van der Waals surface area contributed by atoms with Gasteiger partial charge in [-0.3, -0.25) is 4.99 Å². The molecular weight excluding hydrogens is 340 g/mol. The summed E-state index contributed by atoms with van der Waals surface area (Å²) >= 11 is 0. The first-order valence-corrected chi connectivity index (χ1v) is 9.91. The molecule has 2 aromatic rings. The van der Waals surface area contributed by atoms with Gasteiger partial charge < -0.3 is 5.32 Å². The smallest absolute Gasteiger partial charge is 0.0629 e. The summed E-state index contributed by atoms with van der Waals surface area (Å²) in [5.41, 5.74) is 7.62. The predicted molar refractivity (Wildman–Crippen MR) is 122 cm³/mol. The number of aliphatic imine (C=N–C) groups is 1. The minimum Gasteiger partial charge on any atom is -0.361 e. The highest BCUT2D eigenvalue weighted by atomic mass is 14.8. The number of hydrogen-bond donors (Lipinski definition) is 1. The number of anilines is 1. The second-order valence-electron chi connectivity index (χ2n) is 8.33. The molecular formula is C26H30N2. The topological polar surface area (TPSA) is 24.4 Å². The fourth-order valence-electron chi connectivity index (χ4n) is 3.50. The number of allylic oxidation sites excluding steroid dienone is 5. The Morgan fingerprint density at radius 1 is 0.929 bits per heavy atom. The van der Waals surface area contributed by atoms with Crippen molar-refractivity contribution in [3.8, 4) is 0 Å². The molecule has 0 saturated carbocycles. The van der Waals surface area contributed by atoms with Crippen molar-refractivity contribution in [2.45, 2.75) is 40.5 Å². The summed E-state index contributed by atoms with van der Waals surface area (Å²) in [7, 11) is 0. The van der Waals surface area contributed by atoms with Crippen molar-refractivity contribution in [3.63, 3.8) is 0 Å². The zero-order valence-corrected chi connectivity index (χ0v) is 17.4. The Hall–Kier alpha value is -2.87. The van der Waals surface area contributed by atoms with Crippen LogP contribution in [0.25, 0.3) is 0 Å². The van der Waals surface area contributed by atoms with Crippen molar-refractivity contribution in [3.05, 3.63) is 95.2 Å². The van der Waals surface area contributed by atoms with E-state index in [0.29, 0.717) is 0 Å². The number of nitrogens with zero attached hydrogens (tertiary/aromatic N) is 1. The summed E-state index contributed by atoms with van der Waals surface area (Å²) in [6, 6.07) is 20.4. The number of rotatable bonds is 5. The van der Waals surface area contributed by atoms with Crippen LogP contribution in [0, 0.1) is 5.41 Å². The molecule has 1 aliphatic rings. The molecule has 144 valence electrons. The van der Waals surface area contributed by atoms with Crippen LogP contribution in [0.1, 0.15) is 40.5 Å². The average molecular weight is 371 g/mol. The van der Waals surface area contributed by atoms with Gasteiger partial charge in [0.25, 0.3) is 0 Å². The molecule has 0 fully saturated rings. The molecule has 1 aliphatic carbocycles. The fraction of sp³-hybridized carbons (Fsp3) is 0.269. The highest BCUT2D eigenvalue weighted by Gasteiger charge is 2.26. The third-order valence-electron chi connectivity index (χ3n) is 5.09. The monoisotopic (exact) mass is 370 g/mol. The summed E-state index contributed by atoms with van der Waals surface area (Å²) in [5.74, 6) is 0. The fourth-order valence-corrected chi connectivity index (χ4v) is 3.50. The molecule has 0 unspecified atom stereocenters. The first-order valence-electron chi connectivity index (χ1n) is 9.91. The highest BCUT2D eigenvalue weighted by Crippen LogP contribution is 2.41. The Balaban J connectivity index is 1.84. The summed E-state index contributed by atoms with van der Waals surface area (Å²) < 4.78 is 0. The van der Waals surface area contributed by atoms with E-state index in [1.165, 1.54) is 22.3 Å². The minimum atomic E-state index is 0.239. The molecule has 0 bridgehead atoms. The lowest BCUT2D eigenvalue weighted by molar-refractivity contribution is 0.353. The van der Waals surface area contributed by atoms with E-state index >= 15 is 0 Å². The second-order valence-corrected chi connectivity index (χ2v) is 8.33. The van der Waals surface area contributed by atoms with E-state index in [4.69, 9.17) is 0 Å². The molecule has 28 heavy (non-hydrogen) atoms. The van der Waals surface area contributed by atoms with Gasteiger partial charge in [0, 0.05) is 18.1 Å². The van der Waals surface area contributed by atoms with Crippen LogP contribution in [0.3, 0.4) is 0 Å². The van der Waals surface area contributed by atoms with Gasteiger partial charge in [0.2, 0.25) is 0 Å². The number of benzene rings is 2. The van der Waals surface area contributed by atoms with Crippen molar-refractivity contribution in [2.75, 3.05) is 5.32 Å². The van der Waals surface area contributed by atoms with Crippen molar-refractivity contribution >= 4 is 17.6 Å². The molecule has 0 amide bonds. The maximum atomic E-state index is 4.64. The van der Waals surface area contributed by atoms with E-state index in [0.717, 1.165) is 24.2 Å². The molecule has 0 heterocycles. The van der Waals surface area contributed by atoms with Crippen molar-refractivity contribution in [2.24, 2.45) is 10.4 Å². The SMILES string of the molecule is C/C(=C\Nc1ccccc1)C1=C/C(=C(\C)C=Nc2ccccc2)CC(C)(C)C1. The lowest BCUT2D eigenvalue weighted by atomic mass is 9.73. The van der Waals surface area contributed by atoms with E-state index in [2.05, 4.69) is 62.4 Å². The number of hydrogen-bond acceptors (Lipinski definition) is 2. The first-order chi connectivity index (χ1) is 13.4. The Kier molecular flexibility index (Phi) is 6.30. The van der Waals surface area contributed by atoms with Crippen LogP contribution in [0.4, 0.5) is 11.4 Å². The lowest BCUT2D eigenvalue weighted by Gasteiger charge is -2.32. The van der Waals surface area contributed by atoms with Gasteiger partial charge in [0.15, 0.2) is 0 Å². The Morgan fingerprint density at radius 2 is 1.57 bits per heavy atom. The molecule has 2 nitrogen and oxygen atoms in total. The van der Waals surface area contributed by atoms with Crippen LogP contribution in [-0.4, -0.2) is 6.21 Å². The zero-order valence-electron chi connectivity index (χ0n) is 17.4. The minimum absolute atomic E-state index is 0.239. The van der Waals surface area contributed by atoms with Crippen molar-refractivity contribution in [1.29, 1.82) is 0 Å². The van der Waals surface area contributed by atoms with Crippen LogP contribution in [0.5, 0.6) is 0 Å². The molecule has 0 atom stereocenters. The van der Waals surface area contributed by atoms with Gasteiger partial charge in [0.05, 0.1) is 5.69 Å². The van der Waals surface area contributed by atoms with Gasteiger partial charge >= 0.3 is 0 Å². The van der Waals surface area contributed by atoms with Crippen molar-refractivity contribution in [1.82, 2.24) is 0 Å². The largest absolute Gasteiger partial charge is 0.361 e. The molecule has 2 aromatic carbocycles. The molecule has 3 rings (SSSR count). The molecule has 2 heteroatoms. The van der Waals surface area contributed by atoms with Gasteiger partial charge in [-0.05, 0) is 78.7 Å². The van der Waals surface area contributed by atoms with Crippen LogP contribution < -0.4 is 5.32 Å². The lowest BCUT2D eigenvalue weighted by Crippen LogP contribution is -2.19. The van der Waals surface area contributed by atoms with Crippen LogP contribution >= 0.6 is 0 Å². The standard InChI is InChI=1S/C26H30N2/c1-20(18-27-24-11-7-5-8-12-24)22-15-23(17-26(3,4)16-22)21(2)19-28-25-13-9-6-10-14-25/h5-15,18-19,27H,16-17H2,1-4H3/b20-18+,23-21-,28-19?. The Morgan fingerprint density at radius 3 is 2.25 bits per heavy atom. The summed E-state index contributed by atoms with van der Waals surface area (Å²) in [5, 5.41) is 3.41. The third kappa shape index (κ3) is 5.56. The normalized spacial score (nSPS) is 18.7. The van der Waals surface area contributed by atoms with E-state index in [1.807, 2.05) is 54.7 Å². The van der Waals surface area contributed by atoms with Gasteiger partial charge in [0.1, 0.15) is 0 Å². The molecule has 0 radical (unpaired) electrons. The zero-order chi connectivity index (χ0) is 20.0. The summed E-state index contributed by atoms with van der Waals surface area (Å²) in [6.45, 7) is 9.05. The third-order valence-corrected chi connectivity index (χ3v) is 5.09. The van der Waals surface area contributed by atoms with E-state index in [1.54, 1.807) is 0 Å². The van der Waals surface area contributed by atoms with Gasteiger partial charge in [-0.1, -0.05) is 56.3 Å². The predicted octanol–water partition coefficient (Wildman–Crippen LogP) is 7.47. The van der Waals surface area contributed by atoms with Crippen molar-refractivity contribution < 1.29 is 0 Å². The second kappa shape index (κ2) is 8.88. The Labute approximate surface area is 169 Å². The highest BCUT2D eigenvalue weighted by molar-refractivity contribution is 5.82. The number of nitrogens with one attached hydrogen (secondary N) is 1. The maximum Gasteiger partial charge on any atom is 0.0629 e. The Bertz CT molecular complexity index is 913. The van der Waals surface area contributed by atoms with Gasteiger partial charge in [-0.2, -0.15) is 0 Å². The average Bonchev–Trinajstić information content (AvgIpc) is 2.70. The van der Waals surface area contributed by atoms with E-state index < -0.39 is 0 Å². The maximum absolute atomic E-state index is 4.64. The van der Waals surface area contributed by atoms with Crippen LogP contribution in [0.15, 0.2) is 100 Å². The van der Waals surface area contributed by atoms with E-state index in [-0.39, 0.29) is 5.41 Å². The molecule has 0 spiro atoms.